The second-order valence-electron chi connectivity index (χ2n) is 5.40. The number of carbonyl (C=O) groups is 1. The first-order chi connectivity index (χ1) is 7.25. The van der Waals surface area contributed by atoms with Gasteiger partial charge < -0.3 is 5.32 Å². The Balaban J connectivity index is 1.83. The highest BCUT2D eigenvalue weighted by Gasteiger charge is 2.46. The average molecular weight is 208 g/mol. The van der Waals surface area contributed by atoms with Gasteiger partial charge in [-0.2, -0.15) is 0 Å². The van der Waals surface area contributed by atoms with Crippen LogP contribution >= 0.6 is 0 Å². The molecule has 15 heavy (non-hydrogen) atoms. The second-order valence-corrected chi connectivity index (χ2v) is 5.40. The van der Waals surface area contributed by atoms with Crippen molar-refractivity contribution in [3.05, 3.63) is 0 Å². The van der Waals surface area contributed by atoms with Gasteiger partial charge in [-0.25, -0.2) is 0 Å². The van der Waals surface area contributed by atoms with Gasteiger partial charge in [0.15, 0.2) is 0 Å². The topological polar surface area (TPSA) is 32.3 Å². The van der Waals surface area contributed by atoms with Gasteiger partial charge in [-0.1, -0.05) is 0 Å². The lowest BCUT2D eigenvalue weighted by Crippen LogP contribution is -2.61. The fourth-order valence-corrected chi connectivity index (χ4v) is 3.78. The molecule has 3 saturated heterocycles. The predicted octanol–water partition coefficient (Wildman–Crippen LogP) is 0.790. The first-order valence-corrected chi connectivity index (χ1v) is 6.28. The zero-order valence-electron chi connectivity index (χ0n) is 9.41. The van der Waals surface area contributed by atoms with Crippen molar-refractivity contribution in [2.45, 2.75) is 50.7 Å². The highest BCUT2D eigenvalue weighted by Crippen LogP contribution is 2.35. The summed E-state index contributed by atoms with van der Waals surface area (Å²) in [5, 5.41) is 3.61. The van der Waals surface area contributed by atoms with Crippen molar-refractivity contribution in [2.24, 2.45) is 5.92 Å². The Morgan fingerprint density at radius 2 is 2.20 bits per heavy atom. The van der Waals surface area contributed by atoms with E-state index in [2.05, 4.69) is 17.1 Å². The SMILES string of the molecule is C[C@H]1CC(=O)[C@@H]2[C@H]3CCCN3CC[C@H]2N1. The third kappa shape index (κ3) is 1.53. The quantitative estimate of drug-likeness (QED) is 0.639. The van der Waals surface area contributed by atoms with Crippen LogP contribution in [0, 0.1) is 5.92 Å². The number of rotatable bonds is 0. The second kappa shape index (κ2) is 3.56. The zero-order valence-corrected chi connectivity index (χ0v) is 9.41. The summed E-state index contributed by atoms with van der Waals surface area (Å²) in [6.45, 7) is 4.55. The van der Waals surface area contributed by atoms with Gasteiger partial charge in [0.2, 0.25) is 0 Å². The van der Waals surface area contributed by atoms with Crippen molar-refractivity contribution >= 4 is 5.78 Å². The molecule has 3 aliphatic rings. The monoisotopic (exact) mass is 208 g/mol. The predicted molar refractivity (Wildman–Crippen MR) is 58.7 cm³/mol. The van der Waals surface area contributed by atoms with E-state index in [0.717, 1.165) is 12.8 Å². The van der Waals surface area contributed by atoms with Crippen LogP contribution in [0.4, 0.5) is 0 Å². The van der Waals surface area contributed by atoms with Crippen LogP contribution in [0.3, 0.4) is 0 Å². The van der Waals surface area contributed by atoms with Gasteiger partial charge in [-0.15, -0.1) is 0 Å². The lowest BCUT2D eigenvalue weighted by Gasteiger charge is -2.45. The van der Waals surface area contributed by atoms with Crippen LogP contribution in [-0.2, 0) is 4.79 Å². The summed E-state index contributed by atoms with van der Waals surface area (Å²) >= 11 is 0. The summed E-state index contributed by atoms with van der Waals surface area (Å²) in [6.07, 6.45) is 4.43. The van der Waals surface area contributed by atoms with E-state index in [9.17, 15) is 4.79 Å². The molecule has 3 nitrogen and oxygen atoms in total. The Bertz CT molecular complexity index is 279. The van der Waals surface area contributed by atoms with Crippen LogP contribution < -0.4 is 5.32 Å². The normalized spacial score (nSPS) is 46.3. The first kappa shape index (κ1) is 9.79. The van der Waals surface area contributed by atoms with Gasteiger partial charge in [-0.05, 0) is 39.3 Å². The third-order valence-corrected chi connectivity index (χ3v) is 4.37. The first-order valence-electron chi connectivity index (χ1n) is 6.28. The van der Waals surface area contributed by atoms with E-state index in [1.165, 1.54) is 25.9 Å². The van der Waals surface area contributed by atoms with Crippen molar-refractivity contribution in [3.63, 3.8) is 0 Å². The third-order valence-electron chi connectivity index (χ3n) is 4.37. The lowest BCUT2D eigenvalue weighted by molar-refractivity contribution is -0.130. The van der Waals surface area contributed by atoms with E-state index in [0.29, 0.717) is 29.8 Å². The molecule has 0 spiro atoms. The molecule has 3 fully saturated rings. The Labute approximate surface area is 91.2 Å². The van der Waals surface area contributed by atoms with Crippen LogP contribution in [-0.4, -0.2) is 41.9 Å². The summed E-state index contributed by atoms with van der Waals surface area (Å²) in [5.74, 6) is 0.820. The van der Waals surface area contributed by atoms with Gasteiger partial charge >= 0.3 is 0 Å². The van der Waals surface area contributed by atoms with E-state index in [-0.39, 0.29) is 0 Å². The minimum atomic E-state index is 0.303. The van der Waals surface area contributed by atoms with Crippen molar-refractivity contribution in [2.75, 3.05) is 13.1 Å². The fraction of sp³-hybridized carbons (Fsp3) is 0.917. The van der Waals surface area contributed by atoms with Gasteiger partial charge in [0.25, 0.3) is 0 Å². The molecule has 3 heterocycles. The van der Waals surface area contributed by atoms with Crippen molar-refractivity contribution < 1.29 is 4.79 Å². The molecular weight excluding hydrogens is 188 g/mol. The zero-order chi connectivity index (χ0) is 10.4. The molecule has 3 rings (SSSR count). The standard InChI is InChI=1S/C12H20N2O/c1-8-7-11(15)12-9(13-8)4-6-14-5-2-3-10(12)14/h8-10,12-13H,2-7H2,1H3/t8-,9+,10+,12-/m0/s1. The van der Waals surface area contributed by atoms with Crippen molar-refractivity contribution in [3.8, 4) is 0 Å². The molecule has 0 unspecified atom stereocenters. The number of hydrogen-bond acceptors (Lipinski definition) is 3. The molecular formula is C12H20N2O. The van der Waals surface area contributed by atoms with Crippen LogP contribution in [0.1, 0.15) is 32.6 Å². The molecule has 0 saturated carbocycles. The highest BCUT2D eigenvalue weighted by atomic mass is 16.1. The van der Waals surface area contributed by atoms with Crippen LogP contribution in [0.15, 0.2) is 0 Å². The maximum Gasteiger partial charge on any atom is 0.140 e. The van der Waals surface area contributed by atoms with Gasteiger partial charge in [-0.3, -0.25) is 9.69 Å². The molecule has 3 aliphatic heterocycles. The number of Topliss-reactive ketones (excluding diaryl/α,β-unsaturated/α-hetero) is 1. The molecule has 0 aromatic rings. The van der Waals surface area contributed by atoms with E-state index in [4.69, 9.17) is 0 Å². The Hall–Kier alpha value is -0.410. The maximum absolute atomic E-state index is 12.1. The van der Waals surface area contributed by atoms with Gasteiger partial charge in [0.1, 0.15) is 5.78 Å². The summed E-state index contributed by atoms with van der Waals surface area (Å²) < 4.78 is 0. The fourth-order valence-electron chi connectivity index (χ4n) is 3.78. The van der Waals surface area contributed by atoms with Gasteiger partial charge in [0, 0.05) is 30.5 Å². The summed E-state index contributed by atoms with van der Waals surface area (Å²) in [4.78, 5) is 14.7. The maximum atomic E-state index is 12.1. The summed E-state index contributed by atoms with van der Waals surface area (Å²) in [7, 11) is 0. The number of nitrogens with zero attached hydrogens (tertiary/aromatic N) is 1. The van der Waals surface area contributed by atoms with Crippen molar-refractivity contribution in [1.29, 1.82) is 0 Å². The van der Waals surface area contributed by atoms with Crippen LogP contribution in [0.5, 0.6) is 0 Å². The Kier molecular flexibility index (Phi) is 2.33. The number of piperidine rings is 2. The molecule has 0 amide bonds. The molecule has 0 radical (unpaired) electrons. The Morgan fingerprint density at radius 1 is 1.33 bits per heavy atom. The number of carbonyl (C=O) groups excluding carboxylic acids is 1. The lowest BCUT2D eigenvalue weighted by atomic mass is 9.77. The van der Waals surface area contributed by atoms with E-state index >= 15 is 0 Å². The number of hydrogen-bond donors (Lipinski definition) is 1. The smallest absolute Gasteiger partial charge is 0.140 e. The van der Waals surface area contributed by atoms with Crippen LogP contribution in [0.2, 0.25) is 0 Å². The molecule has 1 N–H and O–H groups in total. The molecule has 4 atom stereocenters. The van der Waals surface area contributed by atoms with Crippen LogP contribution in [0.25, 0.3) is 0 Å². The summed E-state index contributed by atoms with van der Waals surface area (Å²) in [5.41, 5.74) is 0. The molecule has 0 bridgehead atoms. The average Bonchev–Trinajstić information content (AvgIpc) is 2.63. The minimum Gasteiger partial charge on any atom is -0.310 e. The minimum absolute atomic E-state index is 0.303. The Morgan fingerprint density at radius 3 is 3.07 bits per heavy atom. The number of nitrogens with one attached hydrogen (secondary N) is 1. The molecule has 0 aromatic heterocycles. The molecule has 0 aromatic carbocycles. The van der Waals surface area contributed by atoms with Gasteiger partial charge in [0.05, 0.1) is 0 Å². The van der Waals surface area contributed by atoms with E-state index < -0.39 is 0 Å². The molecule has 84 valence electrons. The van der Waals surface area contributed by atoms with E-state index in [1.54, 1.807) is 0 Å². The largest absolute Gasteiger partial charge is 0.310 e. The molecule has 0 aliphatic carbocycles. The highest BCUT2D eigenvalue weighted by molar-refractivity contribution is 5.84. The number of fused-ring (bicyclic) bond motifs is 3. The number of ketones is 1. The summed E-state index contributed by atoms with van der Waals surface area (Å²) in [6, 6.07) is 1.43. The van der Waals surface area contributed by atoms with Crippen molar-refractivity contribution in [1.82, 2.24) is 10.2 Å². The molecule has 3 heteroatoms. The van der Waals surface area contributed by atoms with E-state index in [1.807, 2.05) is 0 Å².